The van der Waals surface area contributed by atoms with E-state index in [9.17, 15) is 30.3 Å². The average molecular weight is 1020 g/mol. The predicted octanol–water partition coefficient (Wildman–Crippen LogP) is 15.7. The lowest BCUT2D eigenvalue weighted by atomic mass is 9.99. The van der Waals surface area contributed by atoms with Crippen molar-refractivity contribution in [3.63, 3.8) is 0 Å². The van der Waals surface area contributed by atoms with Gasteiger partial charge in [0.1, 0.15) is 24.4 Å². The van der Waals surface area contributed by atoms with Crippen LogP contribution in [0.3, 0.4) is 0 Å². The highest BCUT2D eigenvalue weighted by molar-refractivity contribution is 5.76. The molecule has 0 aliphatic carbocycles. The van der Waals surface area contributed by atoms with Gasteiger partial charge < -0.3 is 40.3 Å². The largest absolute Gasteiger partial charge is 0.394 e. The van der Waals surface area contributed by atoms with E-state index < -0.39 is 49.5 Å². The molecule has 1 aliphatic rings. The predicted molar refractivity (Wildman–Crippen MR) is 304 cm³/mol. The van der Waals surface area contributed by atoms with Crippen LogP contribution in [0, 0.1) is 0 Å². The zero-order chi connectivity index (χ0) is 52.2. The second-order valence-electron chi connectivity index (χ2n) is 21.5. The third-order valence-electron chi connectivity index (χ3n) is 14.6. The van der Waals surface area contributed by atoms with Crippen LogP contribution in [-0.4, -0.2) is 87.5 Å². The molecule has 0 aromatic rings. The Morgan fingerprint density at radius 3 is 1.21 bits per heavy atom. The lowest BCUT2D eigenvalue weighted by Gasteiger charge is -2.40. The highest BCUT2D eigenvalue weighted by Crippen LogP contribution is 2.23. The second-order valence-corrected chi connectivity index (χ2v) is 21.5. The molecule has 1 rings (SSSR count). The Morgan fingerprint density at radius 1 is 0.472 bits per heavy atom. The van der Waals surface area contributed by atoms with E-state index in [4.69, 9.17) is 9.47 Å². The van der Waals surface area contributed by atoms with Crippen LogP contribution in [0.25, 0.3) is 0 Å². The molecule has 0 saturated carbocycles. The number of amides is 1. The smallest absolute Gasteiger partial charge is 0.220 e. The molecule has 0 aromatic carbocycles. The number of rotatable bonds is 53. The molecule has 7 unspecified atom stereocenters. The van der Waals surface area contributed by atoms with Crippen molar-refractivity contribution in [3.05, 3.63) is 48.6 Å². The third kappa shape index (κ3) is 41.4. The zero-order valence-electron chi connectivity index (χ0n) is 46.9. The molecule has 1 amide bonds. The molecule has 0 spiro atoms. The minimum absolute atomic E-state index is 0.175. The summed E-state index contributed by atoms with van der Waals surface area (Å²) in [6, 6.07) is -0.806. The van der Waals surface area contributed by atoms with Crippen LogP contribution in [0.5, 0.6) is 0 Å². The van der Waals surface area contributed by atoms with Gasteiger partial charge in [-0.1, -0.05) is 274 Å². The zero-order valence-corrected chi connectivity index (χ0v) is 46.9. The maximum atomic E-state index is 13.1. The van der Waals surface area contributed by atoms with Gasteiger partial charge in [-0.05, 0) is 57.8 Å². The number of nitrogens with one attached hydrogen (secondary N) is 1. The number of unbranched alkanes of at least 4 members (excludes halogenated alkanes) is 37. The molecule has 9 nitrogen and oxygen atoms in total. The van der Waals surface area contributed by atoms with Crippen molar-refractivity contribution in [2.24, 2.45) is 0 Å². The molecule has 9 heteroatoms. The van der Waals surface area contributed by atoms with Crippen molar-refractivity contribution in [3.8, 4) is 0 Å². The summed E-state index contributed by atoms with van der Waals surface area (Å²) in [6.45, 7) is 3.80. The molecule has 72 heavy (non-hydrogen) atoms. The molecule has 6 N–H and O–H groups in total. The summed E-state index contributed by atoms with van der Waals surface area (Å²) in [6.07, 6.45) is 63.2. The van der Waals surface area contributed by atoms with E-state index >= 15 is 0 Å². The van der Waals surface area contributed by atoms with Crippen molar-refractivity contribution < 1.29 is 39.8 Å². The normalized spacial score (nSPS) is 19.5. The summed E-state index contributed by atoms with van der Waals surface area (Å²) in [7, 11) is 0. The maximum absolute atomic E-state index is 13.1. The molecule has 1 fully saturated rings. The molecule has 422 valence electrons. The highest BCUT2D eigenvalue weighted by Gasteiger charge is 2.44. The fraction of sp³-hybridized carbons (Fsp3) is 0.857. The van der Waals surface area contributed by atoms with Crippen LogP contribution in [0.2, 0.25) is 0 Å². The first kappa shape index (κ1) is 68.2. The van der Waals surface area contributed by atoms with Gasteiger partial charge in [-0.25, -0.2) is 0 Å². The fourth-order valence-electron chi connectivity index (χ4n) is 9.75. The van der Waals surface area contributed by atoms with Crippen LogP contribution in [0.15, 0.2) is 48.6 Å². The number of allylic oxidation sites excluding steroid dienone is 7. The Morgan fingerprint density at radius 2 is 0.819 bits per heavy atom. The van der Waals surface area contributed by atoms with Gasteiger partial charge >= 0.3 is 0 Å². The summed E-state index contributed by atoms with van der Waals surface area (Å²) in [5.41, 5.74) is 0. The van der Waals surface area contributed by atoms with Gasteiger partial charge in [0.15, 0.2) is 6.29 Å². The van der Waals surface area contributed by atoms with Gasteiger partial charge in [0, 0.05) is 6.42 Å². The minimum atomic E-state index is -1.57. The minimum Gasteiger partial charge on any atom is -0.394 e. The summed E-state index contributed by atoms with van der Waals surface area (Å²) in [5.74, 6) is -0.175. The van der Waals surface area contributed by atoms with Crippen LogP contribution < -0.4 is 5.32 Å². The second kappa shape index (κ2) is 52.6. The Hall–Kier alpha value is -1.85. The summed E-state index contributed by atoms with van der Waals surface area (Å²) in [5, 5.41) is 54.6. The Labute approximate surface area is 444 Å². The first-order valence-electron chi connectivity index (χ1n) is 30.9. The number of hydrogen-bond donors (Lipinski definition) is 6. The standard InChI is InChI=1S/C63H117NO8/c1-3-5-7-9-11-13-15-17-19-21-23-25-26-27-28-29-30-31-32-33-35-37-39-41-43-45-47-49-51-53-59(67)64-56(55-71-63-62(70)61(69)60(68)58(54-65)72-63)57(66)52-50-48-46-44-42-40-38-36-34-24-22-20-18-16-14-12-10-8-6-4-2/h15,17,21,23,26-27,50,52,56-58,60-63,65-66,68-70H,3-14,16,18-20,22,24-25,28-49,51,53-55H2,1-2H3,(H,64,67)/b17-15-,23-21-,27-26-,52-50+. The van der Waals surface area contributed by atoms with Gasteiger partial charge in [-0.15, -0.1) is 0 Å². The number of aliphatic hydroxyl groups excluding tert-OH is 5. The Balaban J connectivity index is 2.18. The van der Waals surface area contributed by atoms with E-state index in [2.05, 4.69) is 55.6 Å². The van der Waals surface area contributed by atoms with E-state index in [1.54, 1.807) is 6.08 Å². The lowest BCUT2D eigenvalue weighted by Crippen LogP contribution is -2.60. The van der Waals surface area contributed by atoms with Crippen molar-refractivity contribution in [1.82, 2.24) is 5.32 Å². The summed E-state index contributed by atoms with van der Waals surface area (Å²) < 4.78 is 11.3. The van der Waals surface area contributed by atoms with Gasteiger partial charge in [0.25, 0.3) is 0 Å². The molecule has 7 atom stereocenters. The molecular weight excluding hydrogens is 899 g/mol. The number of carbonyl (C=O) groups excluding carboxylic acids is 1. The molecule has 1 saturated heterocycles. The Kier molecular flexibility index (Phi) is 49.8. The van der Waals surface area contributed by atoms with Gasteiger partial charge in [-0.3, -0.25) is 4.79 Å². The molecule has 0 bridgehead atoms. The number of carbonyl (C=O) groups is 1. The third-order valence-corrected chi connectivity index (χ3v) is 14.6. The number of hydrogen-bond acceptors (Lipinski definition) is 8. The van der Waals surface area contributed by atoms with E-state index in [1.807, 2.05) is 6.08 Å². The van der Waals surface area contributed by atoms with Crippen molar-refractivity contribution in [1.29, 1.82) is 0 Å². The quantitative estimate of drug-likeness (QED) is 0.0261. The first-order chi connectivity index (χ1) is 35.3. The SMILES string of the molecule is CCCCCCC/C=C\C/C=C\C/C=C\CCCCCCCCCCCCCCCCC(=O)NC(COC1OC(CO)C(O)C(O)C1O)C(O)/C=C/CCCCCCCCCCCCCCCCCCCC. The lowest BCUT2D eigenvalue weighted by molar-refractivity contribution is -0.302. The van der Waals surface area contributed by atoms with Crippen molar-refractivity contribution >= 4 is 5.91 Å². The van der Waals surface area contributed by atoms with E-state index in [0.29, 0.717) is 6.42 Å². The van der Waals surface area contributed by atoms with Crippen LogP contribution in [-0.2, 0) is 14.3 Å². The van der Waals surface area contributed by atoms with Crippen molar-refractivity contribution in [2.75, 3.05) is 13.2 Å². The van der Waals surface area contributed by atoms with Gasteiger partial charge in [0.2, 0.25) is 5.91 Å². The van der Waals surface area contributed by atoms with Gasteiger partial charge in [-0.2, -0.15) is 0 Å². The highest BCUT2D eigenvalue weighted by atomic mass is 16.7. The molecular formula is C63H117NO8. The van der Waals surface area contributed by atoms with Crippen LogP contribution >= 0.6 is 0 Å². The molecule has 1 heterocycles. The summed E-state index contributed by atoms with van der Waals surface area (Å²) >= 11 is 0. The van der Waals surface area contributed by atoms with Crippen molar-refractivity contribution in [2.45, 2.75) is 333 Å². The van der Waals surface area contributed by atoms with E-state index in [1.165, 1.54) is 218 Å². The summed E-state index contributed by atoms with van der Waals surface area (Å²) in [4.78, 5) is 13.1. The molecule has 1 aliphatic heterocycles. The Bertz CT molecular complexity index is 1270. The van der Waals surface area contributed by atoms with Crippen LogP contribution in [0.1, 0.15) is 290 Å². The van der Waals surface area contributed by atoms with Crippen LogP contribution in [0.4, 0.5) is 0 Å². The maximum Gasteiger partial charge on any atom is 0.220 e. The fourth-order valence-corrected chi connectivity index (χ4v) is 9.75. The number of aliphatic hydroxyl groups is 5. The number of ether oxygens (including phenoxy) is 2. The topological polar surface area (TPSA) is 149 Å². The molecule has 0 radical (unpaired) electrons. The van der Waals surface area contributed by atoms with Gasteiger partial charge in [0.05, 0.1) is 25.4 Å². The monoisotopic (exact) mass is 1020 g/mol. The van der Waals surface area contributed by atoms with E-state index in [0.717, 1.165) is 51.4 Å². The average Bonchev–Trinajstić information content (AvgIpc) is 3.38. The molecule has 0 aromatic heterocycles. The first-order valence-corrected chi connectivity index (χ1v) is 30.9. The van der Waals surface area contributed by atoms with E-state index in [-0.39, 0.29) is 12.5 Å².